The molecule has 0 amide bonds. The molecule has 1 aromatic rings. The maximum Gasteiger partial charge on any atom is 0.188 e. The van der Waals surface area contributed by atoms with Crippen LogP contribution in [-0.2, 0) is 14.6 Å². The molecule has 1 aromatic carbocycles. The van der Waals surface area contributed by atoms with Crippen molar-refractivity contribution in [2.75, 3.05) is 0 Å². The Hall–Kier alpha value is -1.20. The van der Waals surface area contributed by atoms with Gasteiger partial charge in [0.25, 0.3) is 0 Å². The first-order valence-electron chi connectivity index (χ1n) is 7.96. The average molecular weight is 324 g/mol. The molecule has 1 aliphatic rings. The van der Waals surface area contributed by atoms with Gasteiger partial charge < -0.3 is 5.11 Å². The summed E-state index contributed by atoms with van der Waals surface area (Å²) in [4.78, 5) is 12.5. The second-order valence-corrected chi connectivity index (χ2v) is 8.16. The van der Waals surface area contributed by atoms with Gasteiger partial charge in [0.05, 0.1) is 11.0 Å². The highest BCUT2D eigenvalue weighted by molar-refractivity contribution is 7.92. The standard InChI is InChI=1S/C17H24O4S/c1-2-3-5-8-13-11-14(18)12-16(19)17(13)22(20,21)15-9-6-4-7-10-15/h4,6-7,9-10,13-14,17-18H,2-3,5,8,11-12H2,1H3/t13-,14?,17+/m1/s1. The van der Waals surface area contributed by atoms with Gasteiger partial charge >= 0.3 is 0 Å². The predicted molar refractivity (Wildman–Crippen MR) is 85.3 cm³/mol. The Bertz CT molecular complexity index is 594. The maximum absolute atomic E-state index is 12.8. The Morgan fingerprint density at radius 1 is 1.18 bits per heavy atom. The molecule has 0 aromatic heterocycles. The van der Waals surface area contributed by atoms with Crippen molar-refractivity contribution in [3.8, 4) is 0 Å². The van der Waals surface area contributed by atoms with E-state index in [2.05, 4.69) is 6.92 Å². The van der Waals surface area contributed by atoms with E-state index < -0.39 is 21.2 Å². The minimum Gasteiger partial charge on any atom is -0.393 e. The lowest BCUT2D eigenvalue weighted by Crippen LogP contribution is -2.44. The summed E-state index contributed by atoms with van der Waals surface area (Å²) in [6.07, 6.45) is 3.25. The van der Waals surface area contributed by atoms with E-state index in [0.29, 0.717) is 12.8 Å². The Morgan fingerprint density at radius 2 is 1.86 bits per heavy atom. The molecule has 1 saturated carbocycles. The van der Waals surface area contributed by atoms with Crippen LogP contribution in [0, 0.1) is 5.92 Å². The zero-order chi connectivity index (χ0) is 16.2. The van der Waals surface area contributed by atoms with Gasteiger partial charge in [0, 0.05) is 6.42 Å². The van der Waals surface area contributed by atoms with Crippen LogP contribution in [0.15, 0.2) is 35.2 Å². The number of ketones is 1. The Kier molecular flexibility index (Phi) is 5.75. The molecule has 1 unspecified atom stereocenters. The summed E-state index contributed by atoms with van der Waals surface area (Å²) >= 11 is 0. The van der Waals surface area contributed by atoms with Crippen LogP contribution >= 0.6 is 0 Å². The van der Waals surface area contributed by atoms with Crippen molar-refractivity contribution in [2.24, 2.45) is 5.92 Å². The van der Waals surface area contributed by atoms with Crippen LogP contribution in [0.2, 0.25) is 0 Å². The van der Waals surface area contributed by atoms with Crippen molar-refractivity contribution in [3.63, 3.8) is 0 Å². The summed E-state index contributed by atoms with van der Waals surface area (Å²) in [5.41, 5.74) is 0. The molecular weight excluding hydrogens is 300 g/mol. The molecule has 1 N–H and O–H groups in total. The lowest BCUT2D eigenvalue weighted by Gasteiger charge is -2.32. The lowest BCUT2D eigenvalue weighted by atomic mass is 9.82. The molecule has 0 aliphatic heterocycles. The van der Waals surface area contributed by atoms with Crippen LogP contribution < -0.4 is 0 Å². The number of aliphatic hydroxyl groups is 1. The van der Waals surface area contributed by atoms with Crippen LogP contribution in [0.4, 0.5) is 0 Å². The van der Waals surface area contributed by atoms with E-state index >= 15 is 0 Å². The monoisotopic (exact) mass is 324 g/mol. The number of unbranched alkanes of at least 4 members (excludes halogenated alkanes) is 2. The van der Waals surface area contributed by atoms with Gasteiger partial charge in [0.15, 0.2) is 15.6 Å². The topological polar surface area (TPSA) is 71.4 Å². The second-order valence-electron chi connectivity index (χ2n) is 6.09. The van der Waals surface area contributed by atoms with Gasteiger partial charge in [-0.25, -0.2) is 8.42 Å². The number of hydrogen-bond donors (Lipinski definition) is 1. The molecule has 0 heterocycles. The van der Waals surface area contributed by atoms with Crippen LogP contribution in [0.3, 0.4) is 0 Å². The van der Waals surface area contributed by atoms with E-state index in [-0.39, 0.29) is 23.0 Å². The first-order chi connectivity index (χ1) is 10.5. The number of Topliss-reactive ketones (excluding diaryl/α,β-unsaturated/α-hetero) is 1. The predicted octanol–water partition coefficient (Wildman–Crippen LogP) is 2.75. The van der Waals surface area contributed by atoms with Gasteiger partial charge in [-0.3, -0.25) is 4.79 Å². The third kappa shape index (κ3) is 3.76. The highest BCUT2D eigenvalue weighted by Crippen LogP contribution is 2.34. The highest BCUT2D eigenvalue weighted by atomic mass is 32.2. The average Bonchev–Trinajstić information content (AvgIpc) is 2.47. The van der Waals surface area contributed by atoms with Crippen LogP contribution in [0.1, 0.15) is 45.4 Å². The Labute approximate surface area is 132 Å². The van der Waals surface area contributed by atoms with Gasteiger partial charge in [-0.15, -0.1) is 0 Å². The second kappa shape index (κ2) is 7.38. The Morgan fingerprint density at radius 3 is 2.50 bits per heavy atom. The number of aliphatic hydroxyl groups excluding tert-OH is 1. The molecule has 0 spiro atoms. The first kappa shape index (κ1) is 17.2. The third-order valence-corrected chi connectivity index (χ3v) is 6.59. The number of sulfone groups is 1. The van der Waals surface area contributed by atoms with Gasteiger partial charge in [-0.05, 0) is 30.9 Å². The fraction of sp³-hybridized carbons (Fsp3) is 0.588. The molecule has 4 nitrogen and oxygen atoms in total. The molecule has 5 heteroatoms. The molecule has 3 atom stereocenters. The van der Waals surface area contributed by atoms with E-state index in [9.17, 15) is 18.3 Å². The van der Waals surface area contributed by atoms with Gasteiger partial charge in [-0.1, -0.05) is 44.4 Å². The van der Waals surface area contributed by atoms with E-state index in [1.807, 2.05) is 0 Å². The van der Waals surface area contributed by atoms with Crippen LogP contribution in [0.25, 0.3) is 0 Å². The first-order valence-corrected chi connectivity index (χ1v) is 9.51. The molecule has 1 fully saturated rings. The summed E-state index contributed by atoms with van der Waals surface area (Å²) in [6.45, 7) is 2.08. The molecule has 122 valence electrons. The minimum absolute atomic E-state index is 0.0546. The largest absolute Gasteiger partial charge is 0.393 e. The minimum atomic E-state index is -3.68. The van der Waals surface area contributed by atoms with Crippen molar-refractivity contribution in [1.29, 1.82) is 0 Å². The van der Waals surface area contributed by atoms with Gasteiger partial charge in [0.2, 0.25) is 0 Å². The molecular formula is C17H24O4S. The summed E-state index contributed by atoms with van der Waals surface area (Å²) < 4.78 is 25.7. The lowest BCUT2D eigenvalue weighted by molar-refractivity contribution is -0.124. The molecule has 0 radical (unpaired) electrons. The van der Waals surface area contributed by atoms with Crippen molar-refractivity contribution in [1.82, 2.24) is 0 Å². The van der Waals surface area contributed by atoms with Crippen LogP contribution in [-0.4, -0.2) is 30.7 Å². The van der Waals surface area contributed by atoms with Gasteiger partial charge in [0.1, 0.15) is 5.25 Å². The number of carbonyl (C=O) groups is 1. The Balaban J connectivity index is 2.28. The molecule has 0 bridgehead atoms. The highest BCUT2D eigenvalue weighted by Gasteiger charge is 2.44. The number of benzene rings is 1. The van der Waals surface area contributed by atoms with Crippen LogP contribution in [0.5, 0.6) is 0 Å². The summed E-state index contributed by atoms with van der Waals surface area (Å²) in [5, 5.41) is 8.84. The van der Waals surface area contributed by atoms with Crippen molar-refractivity contribution < 1.29 is 18.3 Å². The molecule has 0 saturated heterocycles. The van der Waals surface area contributed by atoms with Crippen molar-refractivity contribution in [2.45, 2.75) is 61.7 Å². The quantitative estimate of drug-likeness (QED) is 0.817. The number of hydrogen-bond acceptors (Lipinski definition) is 4. The van der Waals surface area contributed by atoms with Crippen molar-refractivity contribution in [3.05, 3.63) is 30.3 Å². The maximum atomic E-state index is 12.8. The van der Waals surface area contributed by atoms with Gasteiger partial charge in [-0.2, -0.15) is 0 Å². The SMILES string of the molecule is CCCCC[C@@H]1CC(O)CC(=O)[C@H]1S(=O)(=O)c1ccccc1. The summed E-state index contributed by atoms with van der Waals surface area (Å²) in [5.74, 6) is -0.628. The zero-order valence-corrected chi connectivity index (χ0v) is 13.8. The molecule has 2 rings (SSSR count). The normalized spacial score (nSPS) is 26.1. The van der Waals surface area contributed by atoms with E-state index in [4.69, 9.17) is 0 Å². The fourth-order valence-electron chi connectivity index (χ4n) is 3.28. The van der Waals surface area contributed by atoms with Crippen molar-refractivity contribution >= 4 is 15.6 Å². The molecule has 1 aliphatic carbocycles. The summed E-state index contributed by atoms with van der Waals surface area (Å²) in [6, 6.07) is 8.17. The molecule has 22 heavy (non-hydrogen) atoms. The number of rotatable bonds is 6. The zero-order valence-electron chi connectivity index (χ0n) is 12.9. The van der Waals surface area contributed by atoms with E-state index in [1.165, 1.54) is 12.1 Å². The summed E-state index contributed by atoms with van der Waals surface area (Å²) in [7, 11) is -3.68. The smallest absolute Gasteiger partial charge is 0.188 e. The van der Waals surface area contributed by atoms with E-state index in [0.717, 1.165) is 19.3 Å². The number of carbonyl (C=O) groups excluding carboxylic acids is 1. The van der Waals surface area contributed by atoms with E-state index in [1.54, 1.807) is 18.2 Å². The third-order valence-electron chi connectivity index (χ3n) is 4.34. The fourth-order valence-corrected chi connectivity index (χ4v) is 5.30.